The van der Waals surface area contributed by atoms with E-state index in [0.717, 1.165) is 5.56 Å². The van der Waals surface area contributed by atoms with Crippen molar-refractivity contribution in [3.05, 3.63) is 53.1 Å². The van der Waals surface area contributed by atoms with Crippen LogP contribution >= 0.6 is 0 Å². The Morgan fingerprint density at radius 3 is 2.58 bits per heavy atom. The first-order valence-electron chi connectivity index (χ1n) is 7.98. The van der Waals surface area contributed by atoms with Crippen LogP contribution in [-0.2, 0) is 21.3 Å². The fourth-order valence-corrected chi connectivity index (χ4v) is 3.87. The molecule has 0 aromatic heterocycles. The van der Waals surface area contributed by atoms with E-state index in [1.807, 2.05) is 0 Å². The molecule has 2 aromatic carbocycles. The predicted molar refractivity (Wildman–Crippen MR) is 94.0 cm³/mol. The third kappa shape index (κ3) is 3.81. The van der Waals surface area contributed by atoms with Crippen molar-refractivity contribution < 1.29 is 27.4 Å². The fraction of sp³-hybridized carbons (Fsp3) is 0.278. The zero-order valence-electron chi connectivity index (χ0n) is 14.4. The van der Waals surface area contributed by atoms with Crippen molar-refractivity contribution in [2.45, 2.75) is 18.4 Å². The van der Waals surface area contributed by atoms with Crippen LogP contribution in [0, 0.1) is 6.92 Å². The molecule has 0 amide bonds. The molecule has 8 heteroatoms. The molecule has 0 bridgehead atoms. The lowest BCUT2D eigenvalue weighted by molar-refractivity contribution is 0.0600. The number of hydrogen-bond donors (Lipinski definition) is 1. The number of methoxy groups -OCH3 is 1. The van der Waals surface area contributed by atoms with Gasteiger partial charge in [-0.1, -0.05) is 12.1 Å². The van der Waals surface area contributed by atoms with Crippen molar-refractivity contribution in [1.82, 2.24) is 4.72 Å². The third-order valence-corrected chi connectivity index (χ3v) is 5.51. The van der Waals surface area contributed by atoms with Gasteiger partial charge in [0.15, 0.2) is 11.5 Å². The average Bonchev–Trinajstić information content (AvgIpc) is 2.66. The van der Waals surface area contributed by atoms with Crippen molar-refractivity contribution in [1.29, 1.82) is 0 Å². The number of sulfonamides is 1. The van der Waals surface area contributed by atoms with Crippen LogP contribution in [0.1, 0.15) is 21.5 Å². The predicted octanol–water partition coefficient (Wildman–Crippen LogP) is 2.03. The maximum Gasteiger partial charge on any atom is 0.337 e. The van der Waals surface area contributed by atoms with Crippen LogP contribution in [0.15, 0.2) is 41.3 Å². The molecule has 1 N–H and O–H groups in total. The topological polar surface area (TPSA) is 90.9 Å². The van der Waals surface area contributed by atoms with E-state index in [1.165, 1.54) is 19.2 Å². The quantitative estimate of drug-likeness (QED) is 0.802. The highest BCUT2D eigenvalue weighted by Crippen LogP contribution is 2.30. The average molecular weight is 377 g/mol. The molecule has 1 aliphatic rings. The molecule has 0 radical (unpaired) electrons. The third-order valence-electron chi connectivity index (χ3n) is 3.97. The lowest BCUT2D eigenvalue weighted by atomic mass is 10.1. The second-order valence-corrected chi connectivity index (χ2v) is 7.51. The van der Waals surface area contributed by atoms with Gasteiger partial charge in [-0.05, 0) is 42.3 Å². The Kier molecular flexibility index (Phi) is 5.15. The summed E-state index contributed by atoms with van der Waals surface area (Å²) < 4.78 is 43.5. The molecule has 3 rings (SSSR count). The summed E-state index contributed by atoms with van der Waals surface area (Å²) >= 11 is 0. The molecule has 0 aliphatic carbocycles. The number of benzene rings is 2. The zero-order chi connectivity index (χ0) is 18.7. The summed E-state index contributed by atoms with van der Waals surface area (Å²) in [6.07, 6.45) is 0. The lowest BCUT2D eigenvalue weighted by Gasteiger charge is -2.19. The first-order valence-corrected chi connectivity index (χ1v) is 9.46. The van der Waals surface area contributed by atoms with Gasteiger partial charge in [0.05, 0.1) is 17.6 Å². The van der Waals surface area contributed by atoms with Gasteiger partial charge in [-0.25, -0.2) is 17.9 Å². The van der Waals surface area contributed by atoms with E-state index in [4.69, 9.17) is 9.47 Å². The molecule has 0 spiro atoms. The van der Waals surface area contributed by atoms with Crippen molar-refractivity contribution in [2.24, 2.45) is 0 Å². The van der Waals surface area contributed by atoms with E-state index in [2.05, 4.69) is 9.46 Å². The van der Waals surface area contributed by atoms with Gasteiger partial charge in [0.1, 0.15) is 13.2 Å². The van der Waals surface area contributed by atoms with Crippen molar-refractivity contribution in [2.75, 3.05) is 20.3 Å². The van der Waals surface area contributed by atoms with E-state index in [1.54, 1.807) is 31.2 Å². The first-order chi connectivity index (χ1) is 12.4. The second-order valence-electron chi connectivity index (χ2n) is 5.77. The van der Waals surface area contributed by atoms with Crippen molar-refractivity contribution >= 4 is 16.0 Å². The summed E-state index contributed by atoms with van der Waals surface area (Å²) in [5.74, 6) is 0.648. The molecule has 0 fully saturated rings. The summed E-state index contributed by atoms with van der Waals surface area (Å²) in [6, 6.07) is 9.68. The minimum atomic E-state index is -3.80. The molecule has 2 aromatic rings. The first kappa shape index (κ1) is 18.2. The molecule has 7 nitrogen and oxygen atoms in total. The Balaban J connectivity index is 1.80. The SMILES string of the molecule is COC(=O)c1ccc(C)c(S(=O)(=O)NCc2ccc3c(c2)OCCO3)c1. The van der Waals surface area contributed by atoms with Gasteiger partial charge in [-0.3, -0.25) is 0 Å². The Morgan fingerprint density at radius 2 is 1.85 bits per heavy atom. The Morgan fingerprint density at radius 1 is 1.12 bits per heavy atom. The van der Waals surface area contributed by atoms with E-state index >= 15 is 0 Å². The molecule has 0 saturated heterocycles. The minimum Gasteiger partial charge on any atom is -0.486 e. The Labute approximate surface area is 151 Å². The largest absolute Gasteiger partial charge is 0.486 e. The van der Waals surface area contributed by atoms with E-state index < -0.39 is 16.0 Å². The lowest BCUT2D eigenvalue weighted by Crippen LogP contribution is -2.24. The number of fused-ring (bicyclic) bond motifs is 1. The number of aryl methyl sites for hydroxylation is 1. The highest BCUT2D eigenvalue weighted by atomic mass is 32.2. The van der Waals surface area contributed by atoms with Gasteiger partial charge >= 0.3 is 5.97 Å². The van der Waals surface area contributed by atoms with Gasteiger partial charge in [0.2, 0.25) is 10.0 Å². The second kappa shape index (κ2) is 7.35. The zero-order valence-corrected chi connectivity index (χ0v) is 15.3. The standard InChI is InChI=1S/C18H19NO6S/c1-12-3-5-14(18(20)23-2)10-17(12)26(21,22)19-11-13-4-6-15-16(9-13)25-8-7-24-15/h3-6,9-10,19H,7-8,11H2,1-2H3. The van der Waals surface area contributed by atoms with Gasteiger partial charge in [0, 0.05) is 6.54 Å². The molecule has 1 aliphatic heterocycles. The summed E-state index contributed by atoms with van der Waals surface area (Å²) in [5, 5.41) is 0. The summed E-state index contributed by atoms with van der Waals surface area (Å²) in [4.78, 5) is 11.7. The Hall–Kier alpha value is -2.58. The van der Waals surface area contributed by atoms with Gasteiger partial charge in [0.25, 0.3) is 0 Å². The normalized spacial score (nSPS) is 13.3. The van der Waals surface area contributed by atoms with Gasteiger partial charge in [-0.2, -0.15) is 0 Å². The van der Waals surface area contributed by atoms with Crippen LogP contribution in [0.5, 0.6) is 11.5 Å². The maximum atomic E-state index is 12.7. The minimum absolute atomic E-state index is 0.0398. The number of hydrogen-bond acceptors (Lipinski definition) is 6. The van der Waals surface area contributed by atoms with Crippen molar-refractivity contribution in [3.63, 3.8) is 0 Å². The van der Waals surface area contributed by atoms with Crippen LogP contribution in [0.4, 0.5) is 0 Å². The van der Waals surface area contributed by atoms with Crippen molar-refractivity contribution in [3.8, 4) is 11.5 Å². The summed E-state index contributed by atoms with van der Waals surface area (Å²) in [7, 11) is -2.56. The molecule has 26 heavy (non-hydrogen) atoms. The smallest absolute Gasteiger partial charge is 0.337 e. The van der Waals surface area contributed by atoms with Crippen LogP contribution in [-0.4, -0.2) is 34.7 Å². The molecular weight excluding hydrogens is 358 g/mol. The van der Waals surface area contributed by atoms with Gasteiger partial charge in [-0.15, -0.1) is 0 Å². The van der Waals surface area contributed by atoms with Crippen LogP contribution < -0.4 is 14.2 Å². The molecule has 138 valence electrons. The van der Waals surface area contributed by atoms with Crippen LogP contribution in [0.3, 0.4) is 0 Å². The number of nitrogens with one attached hydrogen (secondary N) is 1. The number of carbonyl (C=O) groups is 1. The van der Waals surface area contributed by atoms with E-state index in [-0.39, 0.29) is 17.0 Å². The maximum absolute atomic E-state index is 12.7. The molecule has 0 atom stereocenters. The van der Waals surface area contributed by atoms with Crippen LogP contribution in [0.25, 0.3) is 0 Å². The molecule has 0 saturated carbocycles. The molecule has 0 unspecified atom stereocenters. The number of ether oxygens (including phenoxy) is 3. The number of rotatable bonds is 5. The highest BCUT2D eigenvalue weighted by Gasteiger charge is 2.20. The van der Waals surface area contributed by atoms with Crippen LogP contribution in [0.2, 0.25) is 0 Å². The molecular formula is C18H19NO6S. The number of carbonyl (C=O) groups excluding carboxylic acids is 1. The monoisotopic (exact) mass is 377 g/mol. The molecule has 1 heterocycles. The van der Waals surface area contributed by atoms with E-state index in [0.29, 0.717) is 30.3 Å². The van der Waals surface area contributed by atoms with Gasteiger partial charge < -0.3 is 14.2 Å². The highest BCUT2D eigenvalue weighted by molar-refractivity contribution is 7.89. The fourth-order valence-electron chi connectivity index (χ4n) is 2.59. The van der Waals surface area contributed by atoms with E-state index in [9.17, 15) is 13.2 Å². The summed E-state index contributed by atoms with van der Waals surface area (Å²) in [6.45, 7) is 2.71. The summed E-state index contributed by atoms with van der Waals surface area (Å²) in [5.41, 5.74) is 1.45. The Bertz CT molecular complexity index is 939. The number of esters is 1.